The average molecular weight is 360 g/mol. The van der Waals surface area contributed by atoms with Gasteiger partial charge in [0.15, 0.2) is 0 Å². The van der Waals surface area contributed by atoms with E-state index >= 15 is 0 Å². The van der Waals surface area contributed by atoms with Crippen LogP contribution in [-0.2, 0) is 9.59 Å². The van der Waals surface area contributed by atoms with Crippen molar-refractivity contribution in [2.45, 2.75) is 32.9 Å². The Hall–Kier alpha value is -1.02. The lowest BCUT2D eigenvalue weighted by molar-refractivity contribution is -0.165. The highest BCUT2D eigenvalue weighted by Crippen LogP contribution is 2.23. The van der Waals surface area contributed by atoms with Crippen LogP contribution in [0, 0.1) is 11.8 Å². The van der Waals surface area contributed by atoms with Gasteiger partial charge in [0.05, 0.1) is 5.92 Å². The zero-order valence-corrected chi connectivity index (χ0v) is 14.3. The third-order valence-electron chi connectivity index (χ3n) is 3.92. The van der Waals surface area contributed by atoms with Gasteiger partial charge in [0.2, 0.25) is 11.8 Å². The second kappa shape index (κ2) is 9.32. The quantitative estimate of drug-likeness (QED) is 0.811. The van der Waals surface area contributed by atoms with E-state index in [0.29, 0.717) is 19.4 Å². The summed E-state index contributed by atoms with van der Waals surface area (Å²) >= 11 is 0. The molecule has 1 aliphatic heterocycles. The molecule has 0 spiro atoms. The van der Waals surface area contributed by atoms with E-state index in [4.69, 9.17) is 5.73 Å². The fraction of sp³-hybridized carbons (Fsp3) is 0.857. The molecule has 1 saturated heterocycles. The summed E-state index contributed by atoms with van der Waals surface area (Å²) in [5.74, 6) is -1.58. The number of piperidine rings is 1. The first-order valence-corrected chi connectivity index (χ1v) is 7.54. The number of hydrogen-bond donors (Lipinski definition) is 1. The predicted octanol–water partition coefficient (Wildman–Crippen LogP) is 1.65. The Bertz CT molecular complexity index is 407. The number of alkyl halides is 3. The minimum Gasteiger partial charge on any atom is -0.342 e. The Morgan fingerprint density at radius 3 is 2.48 bits per heavy atom. The van der Waals surface area contributed by atoms with E-state index < -0.39 is 24.5 Å². The van der Waals surface area contributed by atoms with Gasteiger partial charge in [-0.3, -0.25) is 9.59 Å². The van der Waals surface area contributed by atoms with Crippen LogP contribution < -0.4 is 5.73 Å². The van der Waals surface area contributed by atoms with Gasteiger partial charge in [0.25, 0.3) is 0 Å². The van der Waals surface area contributed by atoms with Gasteiger partial charge in [0, 0.05) is 32.1 Å². The largest absolute Gasteiger partial charge is 0.406 e. The van der Waals surface area contributed by atoms with Crippen LogP contribution in [0.15, 0.2) is 0 Å². The molecule has 0 aromatic carbocycles. The van der Waals surface area contributed by atoms with Crippen LogP contribution in [0.4, 0.5) is 13.2 Å². The molecule has 1 aliphatic rings. The minimum absolute atomic E-state index is 0. The van der Waals surface area contributed by atoms with E-state index in [1.165, 1.54) is 6.92 Å². The Kier molecular flexibility index (Phi) is 8.90. The van der Waals surface area contributed by atoms with Crippen molar-refractivity contribution in [3.05, 3.63) is 0 Å². The molecule has 0 aromatic heterocycles. The van der Waals surface area contributed by atoms with Gasteiger partial charge in [0.1, 0.15) is 6.54 Å². The van der Waals surface area contributed by atoms with Crippen molar-refractivity contribution < 1.29 is 22.8 Å². The average Bonchev–Trinajstić information content (AvgIpc) is 2.49. The Morgan fingerprint density at radius 2 is 2.00 bits per heavy atom. The SMILES string of the molecule is CCN(CC(F)(F)F)C(=O)C1CCCN(C(=O)C(C)CN)C1.Cl. The van der Waals surface area contributed by atoms with E-state index in [9.17, 15) is 22.8 Å². The van der Waals surface area contributed by atoms with E-state index in [0.717, 1.165) is 4.90 Å². The zero-order valence-electron chi connectivity index (χ0n) is 13.4. The highest BCUT2D eigenvalue weighted by molar-refractivity contribution is 5.85. The monoisotopic (exact) mass is 359 g/mol. The van der Waals surface area contributed by atoms with Crippen molar-refractivity contribution in [2.75, 3.05) is 32.7 Å². The lowest BCUT2D eigenvalue weighted by atomic mass is 9.95. The molecule has 1 fully saturated rings. The summed E-state index contributed by atoms with van der Waals surface area (Å²) in [6.45, 7) is 2.90. The number of carbonyl (C=O) groups excluding carboxylic acids is 2. The van der Waals surface area contributed by atoms with Crippen LogP contribution >= 0.6 is 12.4 Å². The standard InChI is InChI=1S/C14H24F3N3O2.ClH/c1-3-19(9-14(15,16)17)13(22)11-5-4-6-20(8-11)12(21)10(2)7-18;/h10-11H,3-9,18H2,1-2H3;1H. The molecule has 9 heteroatoms. The summed E-state index contributed by atoms with van der Waals surface area (Å²) in [6, 6.07) is 0. The molecular formula is C14H25ClF3N3O2. The summed E-state index contributed by atoms with van der Waals surface area (Å²) in [7, 11) is 0. The number of hydrogen-bond acceptors (Lipinski definition) is 3. The van der Waals surface area contributed by atoms with Crippen molar-refractivity contribution in [2.24, 2.45) is 17.6 Å². The van der Waals surface area contributed by atoms with Crippen LogP contribution in [0.3, 0.4) is 0 Å². The molecule has 2 atom stereocenters. The molecule has 2 N–H and O–H groups in total. The number of halogens is 4. The van der Waals surface area contributed by atoms with Gasteiger partial charge in [-0.1, -0.05) is 6.92 Å². The molecule has 0 bridgehead atoms. The lowest BCUT2D eigenvalue weighted by Gasteiger charge is -2.36. The van der Waals surface area contributed by atoms with Crippen LogP contribution in [0.5, 0.6) is 0 Å². The van der Waals surface area contributed by atoms with Gasteiger partial charge >= 0.3 is 6.18 Å². The van der Waals surface area contributed by atoms with Crippen molar-refractivity contribution in [3.63, 3.8) is 0 Å². The number of likely N-dealkylation sites (tertiary alicyclic amines) is 1. The maximum Gasteiger partial charge on any atom is 0.406 e. The fourth-order valence-electron chi connectivity index (χ4n) is 2.61. The summed E-state index contributed by atoms with van der Waals surface area (Å²) in [4.78, 5) is 26.7. The molecule has 0 aliphatic carbocycles. The highest BCUT2D eigenvalue weighted by atomic mass is 35.5. The molecule has 2 unspecified atom stereocenters. The normalized spacial score (nSPS) is 19.7. The number of nitrogens with zero attached hydrogens (tertiary/aromatic N) is 2. The van der Waals surface area contributed by atoms with Crippen molar-refractivity contribution in [1.82, 2.24) is 9.80 Å². The Labute approximate surface area is 140 Å². The first-order chi connectivity index (χ1) is 10.2. The molecule has 0 radical (unpaired) electrons. The third kappa shape index (κ3) is 6.55. The van der Waals surface area contributed by atoms with Crippen molar-refractivity contribution >= 4 is 24.2 Å². The van der Waals surface area contributed by atoms with E-state index in [1.54, 1.807) is 11.8 Å². The van der Waals surface area contributed by atoms with E-state index in [2.05, 4.69) is 0 Å². The second-order valence-electron chi connectivity index (χ2n) is 5.73. The van der Waals surface area contributed by atoms with Gasteiger partial charge in [-0.25, -0.2) is 0 Å². The second-order valence-corrected chi connectivity index (χ2v) is 5.73. The molecule has 0 saturated carbocycles. The fourth-order valence-corrected chi connectivity index (χ4v) is 2.61. The first-order valence-electron chi connectivity index (χ1n) is 7.54. The highest BCUT2D eigenvalue weighted by Gasteiger charge is 2.37. The van der Waals surface area contributed by atoms with Crippen molar-refractivity contribution in [3.8, 4) is 0 Å². The van der Waals surface area contributed by atoms with E-state index in [1.807, 2.05) is 0 Å². The van der Waals surface area contributed by atoms with Crippen LogP contribution in [-0.4, -0.2) is 60.5 Å². The summed E-state index contributed by atoms with van der Waals surface area (Å²) in [6.07, 6.45) is -3.29. The molecule has 136 valence electrons. The minimum atomic E-state index is -4.41. The number of amides is 2. The van der Waals surface area contributed by atoms with Crippen LogP contribution in [0.25, 0.3) is 0 Å². The number of nitrogens with two attached hydrogens (primary N) is 1. The summed E-state index contributed by atoms with van der Waals surface area (Å²) in [5.41, 5.74) is 5.47. The molecule has 2 amide bonds. The molecule has 1 heterocycles. The lowest BCUT2D eigenvalue weighted by Crippen LogP contribution is -2.50. The predicted molar refractivity (Wildman–Crippen MR) is 83.1 cm³/mol. The smallest absolute Gasteiger partial charge is 0.342 e. The molecule has 1 rings (SSSR count). The Balaban J connectivity index is 0.00000484. The van der Waals surface area contributed by atoms with Crippen molar-refractivity contribution in [1.29, 1.82) is 0 Å². The zero-order chi connectivity index (χ0) is 16.9. The third-order valence-corrected chi connectivity index (χ3v) is 3.92. The van der Waals surface area contributed by atoms with Gasteiger partial charge < -0.3 is 15.5 Å². The molecule has 23 heavy (non-hydrogen) atoms. The maximum absolute atomic E-state index is 12.5. The van der Waals surface area contributed by atoms with Gasteiger partial charge in [-0.2, -0.15) is 13.2 Å². The molecule has 0 aromatic rings. The molecule has 5 nitrogen and oxygen atoms in total. The van der Waals surface area contributed by atoms with Gasteiger partial charge in [-0.15, -0.1) is 12.4 Å². The topological polar surface area (TPSA) is 66.6 Å². The van der Waals surface area contributed by atoms with E-state index in [-0.39, 0.29) is 43.9 Å². The number of rotatable bonds is 5. The Morgan fingerprint density at radius 1 is 1.39 bits per heavy atom. The maximum atomic E-state index is 12.5. The van der Waals surface area contributed by atoms with Crippen LogP contribution in [0.2, 0.25) is 0 Å². The summed E-state index contributed by atoms with van der Waals surface area (Å²) in [5, 5.41) is 0. The first kappa shape index (κ1) is 22.0. The summed E-state index contributed by atoms with van der Waals surface area (Å²) < 4.78 is 37.5. The number of carbonyl (C=O) groups is 2. The molecular weight excluding hydrogens is 335 g/mol. The van der Waals surface area contributed by atoms with Crippen LogP contribution in [0.1, 0.15) is 26.7 Å². The van der Waals surface area contributed by atoms with Gasteiger partial charge in [-0.05, 0) is 19.8 Å².